The fourth-order valence-electron chi connectivity index (χ4n) is 1.83. The van der Waals surface area contributed by atoms with Crippen molar-refractivity contribution in [2.75, 3.05) is 0 Å². The second kappa shape index (κ2) is 5.11. The Labute approximate surface area is 111 Å². The van der Waals surface area contributed by atoms with Crippen molar-refractivity contribution < 1.29 is 4.42 Å². The highest BCUT2D eigenvalue weighted by Crippen LogP contribution is 2.31. The molecule has 0 aliphatic rings. The van der Waals surface area contributed by atoms with Gasteiger partial charge in [-0.15, -0.1) is 11.6 Å². The van der Waals surface area contributed by atoms with Crippen molar-refractivity contribution in [2.24, 2.45) is 0 Å². The first-order valence-electron chi connectivity index (χ1n) is 5.37. The van der Waals surface area contributed by atoms with Crippen LogP contribution in [0.3, 0.4) is 0 Å². The van der Waals surface area contributed by atoms with Crippen LogP contribution in [-0.4, -0.2) is 4.98 Å². The summed E-state index contributed by atoms with van der Waals surface area (Å²) in [6.07, 6.45) is 4.02. The number of aryl methyl sites for hydroxylation is 2. The molecule has 0 saturated heterocycles. The molecular weight excluding hydrogens is 257 g/mol. The lowest BCUT2D eigenvalue weighted by atomic mass is 10.1. The number of furan rings is 1. The van der Waals surface area contributed by atoms with Crippen molar-refractivity contribution in [1.82, 2.24) is 4.98 Å². The normalized spacial score (nSPS) is 12.7. The van der Waals surface area contributed by atoms with Crippen molar-refractivity contribution in [1.29, 1.82) is 0 Å². The summed E-state index contributed by atoms with van der Waals surface area (Å²) in [5.74, 6) is 1.75. The van der Waals surface area contributed by atoms with Gasteiger partial charge in [0, 0.05) is 18.0 Å². The third-order valence-corrected chi connectivity index (χ3v) is 3.40. The van der Waals surface area contributed by atoms with E-state index in [-0.39, 0.29) is 5.38 Å². The number of hydrogen-bond donors (Lipinski definition) is 0. The van der Waals surface area contributed by atoms with Gasteiger partial charge in [0.1, 0.15) is 11.5 Å². The molecule has 0 aliphatic heterocycles. The van der Waals surface area contributed by atoms with E-state index >= 15 is 0 Å². The number of nitrogens with zero attached hydrogens (tertiary/aromatic N) is 1. The van der Waals surface area contributed by atoms with E-state index in [1.54, 1.807) is 12.4 Å². The molecule has 2 heterocycles. The van der Waals surface area contributed by atoms with Crippen LogP contribution in [0.25, 0.3) is 0 Å². The van der Waals surface area contributed by atoms with E-state index in [1.165, 1.54) is 0 Å². The lowest BCUT2D eigenvalue weighted by Crippen LogP contribution is -1.97. The minimum atomic E-state index is -0.132. The predicted molar refractivity (Wildman–Crippen MR) is 69.7 cm³/mol. The molecule has 2 aromatic rings. The summed E-state index contributed by atoms with van der Waals surface area (Å²) in [6, 6.07) is 3.86. The highest BCUT2D eigenvalue weighted by molar-refractivity contribution is 6.31. The Hall–Kier alpha value is -0.990. The number of alkyl halides is 1. The SMILES string of the molecule is Cc1cc(C(Cl)Cc2ccncc2Cl)c(C)o1. The fraction of sp³-hybridized carbons (Fsp3) is 0.308. The molecule has 17 heavy (non-hydrogen) atoms. The standard InChI is InChI=1S/C13H13Cl2NO/c1-8-5-11(9(2)17-8)12(14)6-10-3-4-16-7-13(10)15/h3-5,7,12H,6H2,1-2H3. The van der Waals surface area contributed by atoms with Crippen molar-refractivity contribution in [2.45, 2.75) is 25.6 Å². The molecule has 0 aromatic carbocycles. The van der Waals surface area contributed by atoms with Gasteiger partial charge in [0.2, 0.25) is 0 Å². The summed E-state index contributed by atoms with van der Waals surface area (Å²) in [5.41, 5.74) is 2.02. The predicted octanol–water partition coefficient (Wildman–Crippen LogP) is 4.47. The van der Waals surface area contributed by atoms with Crippen LogP contribution < -0.4 is 0 Å². The largest absolute Gasteiger partial charge is 0.466 e. The Morgan fingerprint density at radius 3 is 2.76 bits per heavy atom. The average Bonchev–Trinajstić information content (AvgIpc) is 2.61. The van der Waals surface area contributed by atoms with Gasteiger partial charge in [-0.1, -0.05) is 11.6 Å². The Balaban J connectivity index is 2.20. The minimum absolute atomic E-state index is 0.132. The Kier molecular flexibility index (Phi) is 3.75. The van der Waals surface area contributed by atoms with Crippen LogP contribution in [0.1, 0.15) is 28.0 Å². The van der Waals surface area contributed by atoms with Gasteiger partial charge in [-0.2, -0.15) is 0 Å². The molecule has 2 nitrogen and oxygen atoms in total. The van der Waals surface area contributed by atoms with Crippen LogP contribution in [-0.2, 0) is 6.42 Å². The van der Waals surface area contributed by atoms with Gasteiger partial charge in [-0.3, -0.25) is 4.98 Å². The maximum absolute atomic E-state index is 6.39. The van der Waals surface area contributed by atoms with Crippen LogP contribution in [0.15, 0.2) is 28.9 Å². The minimum Gasteiger partial charge on any atom is -0.466 e. The highest BCUT2D eigenvalue weighted by Gasteiger charge is 2.16. The molecule has 4 heteroatoms. The van der Waals surface area contributed by atoms with Crippen molar-refractivity contribution in [3.63, 3.8) is 0 Å². The van der Waals surface area contributed by atoms with E-state index in [0.29, 0.717) is 11.4 Å². The van der Waals surface area contributed by atoms with Gasteiger partial charge < -0.3 is 4.42 Å². The number of rotatable bonds is 3. The zero-order valence-corrected chi connectivity index (χ0v) is 11.2. The third kappa shape index (κ3) is 2.82. The van der Waals surface area contributed by atoms with E-state index in [4.69, 9.17) is 27.6 Å². The van der Waals surface area contributed by atoms with Crippen molar-refractivity contribution >= 4 is 23.2 Å². The summed E-state index contributed by atoms with van der Waals surface area (Å²) in [4.78, 5) is 3.95. The van der Waals surface area contributed by atoms with Crippen molar-refractivity contribution in [3.8, 4) is 0 Å². The summed E-state index contributed by atoms with van der Waals surface area (Å²) in [7, 11) is 0. The molecule has 0 N–H and O–H groups in total. The maximum atomic E-state index is 6.39. The van der Waals surface area contributed by atoms with E-state index in [0.717, 1.165) is 22.6 Å². The smallest absolute Gasteiger partial charge is 0.105 e. The first-order valence-corrected chi connectivity index (χ1v) is 6.18. The quantitative estimate of drug-likeness (QED) is 0.769. The number of halogens is 2. The van der Waals surface area contributed by atoms with Gasteiger partial charge in [0.25, 0.3) is 0 Å². The first-order chi connectivity index (χ1) is 8.08. The zero-order chi connectivity index (χ0) is 12.4. The van der Waals surface area contributed by atoms with E-state index in [9.17, 15) is 0 Å². The first kappa shape index (κ1) is 12.5. The molecule has 0 spiro atoms. The number of pyridine rings is 1. The fourth-order valence-corrected chi connectivity index (χ4v) is 2.41. The van der Waals surface area contributed by atoms with E-state index < -0.39 is 0 Å². The second-order valence-corrected chi connectivity index (χ2v) is 4.94. The maximum Gasteiger partial charge on any atom is 0.105 e. The molecule has 0 radical (unpaired) electrons. The van der Waals surface area contributed by atoms with Gasteiger partial charge >= 0.3 is 0 Å². The summed E-state index contributed by atoms with van der Waals surface area (Å²) in [5, 5.41) is 0.517. The molecule has 1 atom stereocenters. The Morgan fingerprint density at radius 1 is 1.41 bits per heavy atom. The molecule has 0 bridgehead atoms. The summed E-state index contributed by atoms with van der Waals surface area (Å²) >= 11 is 12.4. The number of hydrogen-bond acceptors (Lipinski definition) is 2. The molecule has 0 amide bonds. The highest BCUT2D eigenvalue weighted by atomic mass is 35.5. The summed E-state index contributed by atoms with van der Waals surface area (Å²) < 4.78 is 5.47. The van der Waals surface area contributed by atoms with Gasteiger partial charge in [-0.25, -0.2) is 0 Å². The Bertz CT molecular complexity index is 522. The van der Waals surface area contributed by atoms with Crippen molar-refractivity contribution in [3.05, 3.63) is 52.2 Å². The molecule has 2 aromatic heterocycles. The van der Waals surface area contributed by atoms with Crippen LogP contribution in [0.2, 0.25) is 5.02 Å². The van der Waals surface area contributed by atoms with Crippen LogP contribution in [0.5, 0.6) is 0 Å². The molecule has 0 fully saturated rings. The van der Waals surface area contributed by atoms with Gasteiger partial charge in [0.05, 0.1) is 10.4 Å². The van der Waals surface area contributed by atoms with Gasteiger partial charge in [0.15, 0.2) is 0 Å². The molecule has 2 rings (SSSR count). The van der Waals surface area contributed by atoms with E-state index in [2.05, 4.69) is 4.98 Å². The van der Waals surface area contributed by atoms with Gasteiger partial charge in [-0.05, 0) is 38.0 Å². The lowest BCUT2D eigenvalue weighted by Gasteiger charge is -2.09. The van der Waals surface area contributed by atoms with Crippen LogP contribution in [0.4, 0.5) is 0 Å². The molecular formula is C13H13Cl2NO. The van der Waals surface area contributed by atoms with Crippen LogP contribution >= 0.6 is 23.2 Å². The topological polar surface area (TPSA) is 26.0 Å². The molecule has 0 aliphatic carbocycles. The molecule has 90 valence electrons. The summed E-state index contributed by atoms with van der Waals surface area (Å²) in [6.45, 7) is 3.84. The van der Waals surface area contributed by atoms with Crippen LogP contribution in [0, 0.1) is 13.8 Å². The average molecular weight is 270 g/mol. The monoisotopic (exact) mass is 269 g/mol. The molecule has 0 saturated carbocycles. The molecule has 1 unspecified atom stereocenters. The number of aromatic nitrogens is 1. The third-order valence-electron chi connectivity index (χ3n) is 2.67. The Morgan fingerprint density at radius 2 is 2.18 bits per heavy atom. The lowest BCUT2D eigenvalue weighted by molar-refractivity contribution is 0.500. The zero-order valence-electron chi connectivity index (χ0n) is 9.71. The second-order valence-electron chi connectivity index (χ2n) is 4.01. The van der Waals surface area contributed by atoms with E-state index in [1.807, 2.05) is 26.0 Å².